The lowest BCUT2D eigenvalue weighted by Gasteiger charge is -2.16. The molecule has 0 unspecified atom stereocenters. The first-order valence-corrected chi connectivity index (χ1v) is 9.17. The third kappa shape index (κ3) is 3.71. The Bertz CT molecular complexity index is 1150. The number of hydrogen-bond acceptors (Lipinski definition) is 6. The van der Waals surface area contributed by atoms with Gasteiger partial charge >= 0.3 is 0 Å². The Morgan fingerprint density at radius 2 is 2.00 bits per heavy atom. The summed E-state index contributed by atoms with van der Waals surface area (Å²) in [6, 6.07) is 15.7. The van der Waals surface area contributed by atoms with Crippen LogP contribution in [0.4, 0.5) is 17.2 Å². The van der Waals surface area contributed by atoms with Crippen LogP contribution in [-0.4, -0.2) is 22.4 Å². The number of fused-ring (bicyclic) bond motifs is 1. The van der Waals surface area contributed by atoms with E-state index in [1.54, 1.807) is 17.0 Å². The topological polar surface area (TPSA) is 112 Å². The van der Waals surface area contributed by atoms with Crippen molar-refractivity contribution in [2.24, 2.45) is 0 Å². The molecule has 8 nitrogen and oxygen atoms in total. The molecule has 0 aliphatic carbocycles. The molecule has 2 aromatic carbocycles. The highest BCUT2D eigenvalue weighted by Gasteiger charge is 2.21. The van der Waals surface area contributed by atoms with Crippen LogP contribution in [-0.2, 0) is 11.3 Å². The molecule has 1 aliphatic rings. The fourth-order valence-corrected chi connectivity index (χ4v) is 3.42. The van der Waals surface area contributed by atoms with Crippen molar-refractivity contribution in [1.29, 1.82) is 5.26 Å². The van der Waals surface area contributed by atoms with Gasteiger partial charge in [0.2, 0.25) is 5.91 Å². The summed E-state index contributed by atoms with van der Waals surface area (Å²) in [7, 11) is 0. The van der Waals surface area contributed by atoms with Gasteiger partial charge in [-0.15, -0.1) is 0 Å². The number of anilines is 2. The number of nitrogens with zero attached hydrogens (tertiary/aromatic N) is 4. The number of hydrogen-bond donors (Lipinski definition) is 1. The molecule has 3 aromatic rings. The van der Waals surface area contributed by atoms with Crippen molar-refractivity contribution in [2.75, 3.05) is 16.8 Å². The van der Waals surface area contributed by atoms with E-state index in [1.165, 1.54) is 12.1 Å². The van der Waals surface area contributed by atoms with Crippen LogP contribution in [0.5, 0.6) is 0 Å². The lowest BCUT2D eigenvalue weighted by Crippen LogP contribution is -2.23. The Hall–Kier alpha value is -3.99. The normalized spacial score (nSPS) is 13.5. The molecule has 0 bridgehead atoms. The predicted octanol–water partition coefficient (Wildman–Crippen LogP) is 3.75. The van der Waals surface area contributed by atoms with Crippen LogP contribution in [0.25, 0.3) is 10.9 Å². The van der Waals surface area contributed by atoms with Crippen LogP contribution in [0.1, 0.15) is 24.0 Å². The van der Waals surface area contributed by atoms with Gasteiger partial charge in [0.25, 0.3) is 5.69 Å². The zero-order valence-corrected chi connectivity index (χ0v) is 15.5. The Morgan fingerprint density at radius 1 is 1.21 bits per heavy atom. The molecule has 8 heteroatoms. The second-order valence-corrected chi connectivity index (χ2v) is 6.79. The maximum absolute atomic E-state index is 11.8. The predicted molar refractivity (Wildman–Crippen MR) is 108 cm³/mol. The summed E-state index contributed by atoms with van der Waals surface area (Å²) in [6.07, 6.45) is 1.49. The largest absolute Gasteiger partial charge is 0.366 e. The standard InChI is InChI=1S/C21H17N5O3/c22-12-15-10-20(24-19-8-7-17(26(28)29)11-18(15)19)23-13-14-3-5-16(6-4-14)25-9-1-2-21(25)27/h3-8,10-11H,1-2,9,13H2,(H,23,24). The van der Waals surface area contributed by atoms with Gasteiger partial charge in [0.05, 0.1) is 22.1 Å². The van der Waals surface area contributed by atoms with Crippen LogP contribution >= 0.6 is 0 Å². The number of benzene rings is 2. The van der Waals surface area contributed by atoms with E-state index in [-0.39, 0.29) is 11.6 Å². The molecule has 1 fully saturated rings. The van der Waals surface area contributed by atoms with Gasteiger partial charge in [0.15, 0.2) is 0 Å². The average molecular weight is 387 g/mol. The summed E-state index contributed by atoms with van der Waals surface area (Å²) >= 11 is 0. The second-order valence-electron chi connectivity index (χ2n) is 6.79. The first-order chi connectivity index (χ1) is 14.0. The fraction of sp³-hybridized carbons (Fsp3) is 0.190. The molecule has 0 saturated carbocycles. The number of nitro groups is 1. The lowest BCUT2D eigenvalue weighted by atomic mass is 10.1. The van der Waals surface area contributed by atoms with Crippen LogP contribution in [0.3, 0.4) is 0 Å². The van der Waals surface area contributed by atoms with E-state index in [9.17, 15) is 20.2 Å². The Morgan fingerprint density at radius 3 is 2.66 bits per heavy atom. The number of pyridine rings is 1. The van der Waals surface area contributed by atoms with Gasteiger partial charge in [0.1, 0.15) is 5.82 Å². The molecule has 1 amide bonds. The zero-order chi connectivity index (χ0) is 20.4. The van der Waals surface area contributed by atoms with Crippen molar-refractivity contribution in [1.82, 2.24) is 4.98 Å². The summed E-state index contributed by atoms with van der Waals surface area (Å²) in [5, 5.41) is 24.0. The van der Waals surface area contributed by atoms with Crippen molar-refractivity contribution < 1.29 is 9.72 Å². The Balaban J connectivity index is 1.52. The Kier molecular flexibility index (Phi) is 4.79. The van der Waals surface area contributed by atoms with Crippen molar-refractivity contribution in [3.05, 3.63) is 69.8 Å². The Labute approximate surface area is 166 Å². The minimum absolute atomic E-state index is 0.0758. The number of rotatable bonds is 5. The van der Waals surface area contributed by atoms with E-state index in [0.717, 1.165) is 24.2 Å². The van der Waals surface area contributed by atoms with E-state index in [1.807, 2.05) is 24.3 Å². The van der Waals surface area contributed by atoms with Crippen molar-refractivity contribution >= 4 is 34.0 Å². The van der Waals surface area contributed by atoms with Crippen LogP contribution in [0, 0.1) is 21.4 Å². The van der Waals surface area contributed by atoms with Crippen LogP contribution in [0.15, 0.2) is 48.5 Å². The molecule has 1 saturated heterocycles. The number of carbonyl (C=O) groups excluding carboxylic acids is 1. The quantitative estimate of drug-likeness (QED) is 0.527. The maximum Gasteiger partial charge on any atom is 0.270 e. The minimum Gasteiger partial charge on any atom is -0.366 e. The molecule has 1 aromatic heterocycles. The lowest BCUT2D eigenvalue weighted by molar-refractivity contribution is -0.384. The third-order valence-electron chi connectivity index (χ3n) is 4.92. The maximum atomic E-state index is 11.8. The number of nitro benzene ring substituents is 1. The number of amides is 1. The summed E-state index contributed by atoms with van der Waals surface area (Å²) in [6.45, 7) is 1.25. The van der Waals surface area contributed by atoms with Gasteiger partial charge in [-0.05, 0) is 36.2 Å². The number of non-ortho nitro benzene ring substituents is 1. The molecular formula is C21H17N5O3. The molecule has 1 aliphatic heterocycles. The van der Waals surface area contributed by atoms with Crippen molar-refractivity contribution in [3.63, 3.8) is 0 Å². The summed E-state index contributed by atoms with van der Waals surface area (Å²) in [5.74, 6) is 0.669. The molecule has 29 heavy (non-hydrogen) atoms. The van der Waals surface area contributed by atoms with Gasteiger partial charge in [0, 0.05) is 42.7 Å². The third-order valence-corrected chi connectivity index (χ3v) is 4.92. The number of nitriles is 1. The fourth-order valence-electron chi connectivity index (χ4n) is 3.42. The van der Waals surface area contributed by atoms with E-state index >= 15 is 0 Å². The second kappa shape index (κ2) is 7.56. The summed E-state index contributed by atoms with van der Waals surface area (Å²) < 4.78 is 0. The number of aromatic nitrogens is 1. The highest BCUT2D eigenvalue weighted by molar-refractivity contribution is 5.95. The van der Waals surface area contributed by atoms with E-state index in [4.69, 9.17) is 0 Å². The van der Waals surface area contributed by atoms with E-state index in [2.05, 4.69) is 16.4 Å². The van der Waals surface area contributed by atoms with E-state index in [0.29, 0.717) is 35.2 Å². The average Bonchev–Trinajstić information content (AvgIpc) is 3.17. The first kappa shape index (κ1) is 18.4. The monoisotopic (exact) mass is 387 g/mol. The van der Waals surface area contributed by atoms with Crippen molar-refractivity contribution in [3.8, 4) is 6.07 Å². The molecular weight excluding hydrogens is 370 g/mol. The minimum atomic E-state index is -0.494. The first-order valence-electron chi connectivity index (χ1n) is 9.17. The highest BCUT2D eigenvalue weighted by atomic mass is 16.6. The molecule has 0 spiro atoms. The number of nitrogens with one attached hydrogen (secondary N) is 1. The number of carbonyl (C=O) groups is 1. The smallest absolute Gasteiger partial charge is 0.270 e. The van der Waals surface area contributed by atoms with Crippen molar-refractivity contribution in [2.45, 2.75) is 19.4 Å². The molecule has 0 atom stereocenters. The molecule has 2 heterocycles. The molecule has 1 N–H and O–H groups in total. The molecule has 4 rings (SSSR count). The van der Waals surface area contributed by atoms with Crippen LogP contribution in [0.2, 0.25) is 0 Å². The highest BCUT2D eigenvalue weighted by Crippen LogP contribution is 2.26. The summed E-state index contributed by atoms with van der Waals surface area (Å²) in [5.41, 5.74) is 2.66. The van der Waals surface area contributed by atoms with Gasteiger partial charge in [-0.2, -0.15) is 5.26 Å². The van der Waals surface area contributed by atoms with Gasteiger partial charge in [-0.25, -0.2) is 4.98 Å². The van der Waals surface area contributed by atoms with Gasteiger partial charge < -0.3 is 10.2 Å². The SMILES string of the molecule is N#Cc1cc(NCc2ccc(N3CCCC3=O)cc2)nc2ccc([N+](=O)[O-])cc12. The van der Waals surface area contributed by atoms with Crippen LogP contribution < -0.4 is 10.2 Å². The van der Waals surface area contributed by atoms with Gasteiger partial charge in [-0.3, -0.25) is 14.9 Å². The summed E-state index contributed by atoms with van der Waals surface area (Å²) in [4.78, 5) is 28.6. The van der Waals surface area contributed by atoms with E-state index < -0.39 is 4.92 Å². The zero-order valence-electron chi connectivity index (χ0n) is 15.5. The molecule has 144 valence electrons. The van der Waals surface area contributed by atoms with Gasteiger partial charge in [-0.1, -0.05) is 12.1 Å². The molecule has 0 radical (unpaired) electrons.